The molecule has 4 heterocycles. The number of ether oxygens (including phenoxy) is 3. The molecule has 3 aliphatic heterocycles. The second-order valence-corrected chi connectivity index (χ2v) is 7.63. The van der Waals surface area contributed by atoms with Crippen LogP contribution in [0.2, 0.25) is 0 Å². The molecule has 0 aromatic carbocycles. The second kappa shape index (κ2) is 7.56. The Labute approximate surface area is 148 Å². The third-order valence-corrected chi connectivity index (χ3v) is 5.93. The minimum Gasteiger partial charge on any atom is -0.475 e. The monoisotopic (exact) mass is 350 g/mol. The third kappa shape index (κ3) is 3.81. The van der Waals surface area contributed by atoms with Crippen LogP contribution in [-0.2, 0) is 9.47 Å². The van der Waals surface area contributed by atoms with Crippen molar-refractivity contribution in [1.82, 2.24) is 9.88 Å². The van der Waals surface area contributed by atoms with Crippen molar-refractivity contribution in [1.29, 1.82) is 0 Å². The lowest BCUT2D eigenvalue weighted by molar-refractivity contribution is -0.0483. The van der Waals surface area contributed by atoms with Gasteiger partial charge in [-0.15, -0.1) is 0 Å². The summed E-state index contributed by atoms with van der Waals surface area (Å²) in [5.41, 5.74) is -0.0482. The zero-order valence-electron chi connectivity index (χ0n) is 14.7. The molecule has 0 saturated carbocycles. The van der Waals surface area contributed by atoms with Gasteiger partial charge < -0.3 is 19.1 Å². The molecule has 6 heteroatoms. The van der Waals surface area contributed by atoms with Crippen molar-refractivity contribution in [2.75, 3.05) is 46.1 Å². The fourth-order valence-corrected chi connectivity index (χ4v) is 4.49. The minimum atomic E-state index is -0.399. The number of pyridine rings is 1. The van der Waals surface area contributed by atoms with Crippen LogP contribution in [-0.4, -0.2) is 62.0 Å². The van der Waals surface area contributed by atoms with Crippen LogP contribution in [0.3, 0.4) is 0 Å². The fraction of sp³-hybridized carbons (Fsp3) is 0.737. The SMILES string of the molecule is Fc1cccnc1OC[C@]12CCO[C@H]1CCN(CC1CCOCC1)C2. The Kier molecular flexibility index (Phi) is 5.20. The average molecular weight is 350 g/mol. The molecule has 0 N–H and O–H groups in total. The number of halogens is 1. The molecule has 0 amide bonds. The number of nitrogens with zero attached hydrogens (tertiary/aromatic N) is 2. The Bertz CT molecular complexity index is 582. The normalized spacial score (nSPS) is 31.0. The highest BCUT2D eigenvalue weighted by Crippen LogP contribution is 2.41. The van der Waals surface area contributed by atoms with Crippen molar-refractivity contribution in [2.45, 2.75) is 31.8 Å². The molecule has 1 aromatic rings. The highest BCUT2D eigenvalue weighted by atomic mass is 19.1. The molecule has 2 atom stereocenters. The molecule has 0 aliphatic carbocycles. The molecule has 0 unspecified atom stereocenters. The van der Waals surface area contributed by atoms with Crippen molar-refractivity contribution >= 4 is 0 Å². The first kappa shape index (κ1) is 17.2. The summed E-state index contributed by atoms with van der Waals surface area (Å²) in [4.78, 5) is 6.58. The predicted molar refractivity (Wildman–Crippen MR) is 91.1 cm³/mol. The lowest BCUT2D eigenvalue weighted by atomic mass is 9.77. The summed E-state index contributed by atoms with van der Waals surface area (Å²) in [5.74, 6) is 0.423. The fourth-order valence-electron chi connectivity index (χ4n) is 4.49. The number of aromatic nitrogens is 1. The zero-order valence-corrected chi connectivity index (χ0v) is 14.7. The molecule has 3 saturated heterocycles. The zero-order chi connectivity index (χ0) is 17.1. The van der Waals surface area contributed by atoms with Gasteiger partial charge in [0, 0.05) is 51.1 Å². The van der Waals surface area contributed by atoms with Crippen molar-refractivity contribution in [3.63, 3.8) is 0 Å². The molecule has 3 aliphatic rings. The molecular weight excluding hydrogens is 323 g/mol. The Morgan fingerprint density at radius 3 is 3.00 bits per heavy atom. The molecule has 5 nitrogen and oxygen atoms in total. The molecule has 138 valence electrons. The summed E-state index contributed by atoms with van der Waals surface area (Å²) >= 11 is 0. The largest absolute Gasteiger partial charge is 0.475 e. The first-order valence-electron chi connectivity index (χ1n) is 9.40. The molecule has 0 bridgehead atoms. The van der Waals surface area contributed by atoms with Crippen LogP contribution in [0.4, 0.5) is 4.39 Å². The van der Waals surface area contributed by atoms with E-state index < -0.39 is 5.82 Å². The quantitative estimate of drug-likeness (QED) is 0.816. The number of likely N-dealkylation sites (tertiary alicyclic amines) is 1. The molecule has 1 aromatic heterocycles. The second-order valence-electron chi connectivity index (χ2n) is 7.63. The van der Waals surface area contributed by atoms with Gasteiger partial charge in [-0.05, 0) is 43.7 Å². The topological polar surface area (TPSA) is 43.8 Å². The van der Waals surface area contributed by atoms with E-state index >= 15 is 0 Å². The van der Waals surface area contributed by atoms with Crippen LogP contribution < -0.4 is 4.74 Å². The standard InChI is InChI=1S/C19H27FN2O3/c20-16-2-1-7-21-18(16)25-14-19-6-11-24-17(19)3-8-22(13-19)12-15-4-9-23-10-5-15/h1-2,7,15,17H,3-6,8-14H2/t17-,19+/m0/s1. The molecule has 25 heavy (non-hydrogen) atoms. The smallest absolute Gasteiger partial charge is 0.250 e. The van der Waals surface area contributed by atoms with Gasteiger partial charge in [-0.2, -0.15) is 0 Å². The number of piperidine rings is 1. The van der Waals surface area contributed by atoms with Crippen molar-refractivity contribution in [3.8, 4) is 5.88 Å². The van der Waals surface area contributed by atoms with Crippen LogP contribution in [0.5, 0.6) is 5.88 Å². The predicted octanol–water partition coefficient (Wildman–Crippen LogP) is 2.51. The Morgan fingerprint density at radius 2 is 2.16 bits per heavy atom. The van der Waals surface area contributed by atoms with Crippen LogP contribution in [0, 0.1) is 17.2 Å². The van der Waals surface area contributed by atoms with E-state index in [-0.39, 0.29) is 17.4 Å². The van der Waals surface area contributed by atoms with Crippen LogP contribution in [0.1, 0.15) is 25.7 Å². The van der Waals surface area contributed by atoms with Gasteiger partial charge in [0.1, 0.15) is 0 Å². The lowest BCUT2D eigenvalue weighted by Gasteiger charge is -2.44. The first-order valence-corrected chi connectivity index (χ1v) is 9.40. The van der Waals surface area contributed by atoms with Crippen molar-refractivity contribution < 1.29 is 18.6 Å². The van der Waals surface area contributed by atoms with Gasteiger partial charge >= 0.3 is 0 Å². The maximum absolute atomic E-state index is 13.8. The summed E-state index contributed by atoms with van der Waals surface area (Å²) in [6, 6.07) is 2.97. The van der Waals surface area contributed by atoms with E-state index in [1.54, 1.807) is 12.3 Å². The molecule has 3 fully saturated rings. The van der Waals surface area contributed by atoms with Crippen molar-refractivity contribution in [3.05, 3.63) is 24.1 Å². The van der Waals surface area contributed by atoms with Gasteiger partial charge in [-0.25, -0.2) is 9.37 Å². The average Bonchev–Trinajstić information content (AvgIpc) is 3.05. The van der Waals surface area contributed by atoms with E-state index in [0.29, 0.717) is 6.61 Å². The van der Waals surface area contributed by atoms with E-state index in [1.807, 2.05) is 0 Å². The van der Waals surface area contributed by atoms with E-state index in [9.17, 15) is 4.39 Å². The summed E-state index contributed by atoms with van der Waals surface area (Å²) in [5, 5.41) is 0. The third-order valence-electron chi connectivity index (χ3n) is 5.93. The number of fused-ring (bicyclic) bond motifs is 1. The van der Waals surface area contributed by atoms with Crippen LogP contribution in [0.25, 0.3) is 0 Å². The first-order chi connectivity index (χ1) is 12.3. The van der Waals surface area contributed by atoms with Crippen molar-refractivity contribution in [2.24, 2.45) is 11.3 Å². The van der Waals surface area contributed by atoms with E-state index in [0.717, 1.165) is 71.1 Å². The molecule has 4 rings (SSSR count). The highest BCUT2D eigenvalue weighted by Gasteiger charge is 2.48. The van der Waals surface area contributed by atoms with E-state index in [4.69, 9.17) is 14.2 Å². The van der Waals surface area contributed by atoms with Crippen LogP contribution in [0.15, 0.2) is 18.3 Å². The van der Waals surface area contributed by atoms with Gasteiger partial charge in [-0.3, -0.25) is 0 Å². The van der Waals surface area contributed by atoms with Gasteiger partial charge in [0.15, 0.2) is 5.82 Å². The van der Waals surface area contributed by atoms with E-state index in [1.165, 1.54) is 6.07 Å². The summed E-state index contributed by atoms with van der Waals surface area (Å²) < 4.78 is 31.1. The summed E-state index contributed by atoms with van der Waals surface area (Å²) in [6.07, 6.45) is 6.08. The lowest BCUT2D eigenvalue weighted by Crippen LogP contribution is -2.53. The van der Waals surface area contributed by atoms with Gasteiger partial charge in [-0.1, -0.05) is 0 Å². The number of hydrogen-bond donors (Lipinski definition) is 0. The van der Waals surface area contributed by atoms with E-state index in [2.05, 4.69) is 9.88 Å². The van der Waals surface area contributed by atoms with Gasteiger partial charge in [0.25, 0.3) is 0 Å². The summed E-state index contributed by atoms with van der Waals surface area (Å²) in [7, 11) is 0. The minimum absolute atomic E-state index is 0.0482. The highest BCUT2D eigenvalue weighted by molar-refractivity contribution is 5.13. The number of hydrogen-bond acceptors (Lipinski definition) is 5. The van der Waals surface area contributed by atoms with Crippen LogP contribution >= 0.6 is 0 Å². The Morgan fingerprint density at radius 1 is 1.28 bits per heavy atom. The molecule has 0 spiro atoms. The van der Waals surface area contributed by atoms with Gasteiger partial charge in [0.2, 0.25) is 5.88 Å². The maximum atomic E-state index is 13.8. The maximum Gasteiger partial charge on any atom is 0.250 e. The van der Waals surface area contributed by atoms with Gasteiger partial charge in [0.05, 0.1) is 12.7 Å². The summed E-state index contributed by atoms with van der Waals surface area (Å²) in [6.45, 7) is 6.16. The number of rotatable bonds is 5. The molecule has 0 radical (unpaired) electrons. The Balaban J connectivity index is 1.40. The Hall–Kier alpha value is -1.24. The molecular formula is C19H27FN2O3.